The van der Waals surface area contributed by atoms with Gasteiger partial charge >= 0.3 is 0 Å². The molecule has 3 aromatic carbocycles. The van der Waals surface area contributed by atoms with Crippen LogP contribution in [0.25, 0.3) is 10.9 Å². The third kappa shape index (κ3) is 7.26. The van der Waals surface area contributed by atoms with E-state index >= 15 is 4.39 Å². The van der Waals surface area contributed by atoms with Crippen molar-refractivity contribution in [3.05, 3.63) is 72.6 Å². The summed E-state index contributed by atoms with van der Waals surface area (Å²) in [4.78, 5) is 37.3. The van der Waals surface area contributed by atoms with Gasteiger partial charge in [-0.25, -0.2) is 18.7 Å². The molecule has 0 spiro atoms. The number of benzene rings is 3. The van der Waals surface area contributed by atoms with E-state index in [-0.39, 0.29) is 17.3 Å². The van der Waals surface area contributed by atoms with E-state index in [4.69, 9.17) is 14.2 Å². The van der Waals surface area contributed by atoms with Crippen LogP contribution in [0.3, 0.4) is 0 Å². The van der Waals surface area contributed by atoms with Gasteiger partial charge in [-0.3, -0.25) is 9.59 Å². The lowest BCUT2D eigenvalue weighted by molar-refractivity contribution is -0.142. The van der Waals surface area contributed by atoms with E-state index < -0.39 is 28.9 Å². The molecule has 2 heterocycles. The predicted octanol–water partition coefficient (Wildman–Crippen LogP) is 5.13. The molecular formula is C34H36F2N6O5. The number of methoxy groups -OCH3 is 1. The molecule has 0 bridgehead atoms. The highest BCUT2D eigenvalue weighted by Gasteiger charge is 2.51. The monoisotopic (exact) mass is 646 g/mol. The van der Waals surface area contributed by atoms with Crippen LogP contribution in [0.2, 0.25) is 0 Å². The number of carbonyl (C=O) groups is 2. The summed E-state index contributed by atoms with van der Waals surface area (Å²) in [5.74, 6) is -1.24. The first-order valence-electron chi connectivity index (χ1n) is 15.6. The third-order valence-electron chi connectivity index (χ3n) is 8.54. The van der Waals surface area contributed by atoms with Crippen molar-refractivity contribution >= 4 is 34.1 Å². The summed E-state index contributed by atoms with van der Waals surface area (Å²) in [6.07, 6.45) is 3.54. The topological polar surface area (TPSA) is 127 Å². The molecule has 2 aliphatic rings. The number of nitrogens with zero attached hydrogens (tertiary/aromatic N) is 3. The fourth-order valence-electron chi connectivity index (χ4n) is 5.69. The molecule has 0 radical (unpaired) electrons. The molecule has 2 amide bonds. The van der Waals surface area contributed by atoms with Crippen LogP contribution in [0.4, 0.5) is 20.2 Å². The van der Waals surface area contributed by atoms with E-state index in [2.05, 4.69) is 30.8 Å². The number of halogens is 2. The highest BCUT2D eigenvalue weighted by molar-refractivity contribution is 6.15. The normalized spacial score (nSPS) is 15.8. The quantitative estimate of drug-likeness (QED) is 0.142. The van der Waals surface area contributed by atoms with Gasteiger partial charge in [0.05, 0.1) is 24.6 Å². The van der Waals surface area contributed by atoms with E-state index in [1.807, 2.05) is 0 Å². The lowest BCUT2D eigenvalue weighted by atomic mass is 9.67. The van der Waals surface area contributed by atoms with Gasteiger partial charge in [0, 0.05) is 56.2 Å². The van der Waals surface area contributed by atoms with Gasteiger partial charge in [-0.15, -0.1) is 0 Å². The number of fused-ring (bicyclic) bond motifs is 1. The lowest BCUT2D eigenvalue weighted by Gasteiger charge is -2.38. The zero-order chi connectivity index (χ0) is 32.8. The summed E-state index contributed by atoms with van der Waals surface area (Å²) in [5, 5.41) is 9.19. The largest absolute Gasteiger partial charge is 0.493 e. The number of aromatic nitrogens is 2. The van der Waals surface area contributed by atoms with Crippen LogP contribution in [0.1, 0.15) is 25.7 Å². The maximum atomic E-state index is 15.3. The van der Waals surface area contributed by atoms with Gasteiger partial charge in [0.25, 0.3) is 0 Å². The first-order valence-corrected chi connectivity index (χ1v) is 15.6. The molecular weight excluding hydrogens is 610 g/mol. The molecule has 1 aromatic heterocycles. The molecule has 13 heteroatoms. The average molecular weight is 647 g/mol. The lowest BCUT2D eigenvalue weighted by Crippen LogP contribution is -2.50. The molecule has 0 unspecified atom stereocenters. The van der Waals surface area contributed by atoms with Crippen LogP contribution < -0.4 is 30.2 Å². The van der Waals surface area contributed by atoms with Gasteiger partial charge < -0.3 is 35.1 Å². The number of ether oxygens (including phenoxy) is 3. The van der Waals surface area contributed by atoms with Crippen molar-refractivity contribution in [1.82, 2.24) is 20.2 Å². The average Bonchev–Trinajstić information content (AvgIpc) is 3.05. The number of piperazine rings is 1. The van der Waals surface area contributed by atoms with Gasteiger partial charge in [0.2, 0.25) is 17.7 Å². The van der Waals surface area contributed by atoms with Crippen LogP contribution in [0.15, 0.2) is 60.9 Å². The van der Waals surface area contributed by atoms with Crippen molar-refractivity contribution in [2.24, 2.45) is 5.41 Å². The molecule has 6 rings (SSSR count). The molecule has 11 nitrogen and oxygen atoms in total. The van der Waals surface area contributed by atoms with Crippen LogP contribution in [-0.4, -0.2) is 73.1 Å². The molecule has 4 aromatic rings. The second-order valence-electron chi connectivity index (χ2n) is 11.6. The fourth-order valence-corrected chi connectivity index (χ4v) is 5.69. The SMILES string of the molecule is COc1cc2c(Oc3ccc(NC(=O)C4(C(=O)Nc5ccc(F)cc5)CCC4)cc3F)ncnc2cc1OCCCN1CCNCC1. The third-order valence-corrected chi connectivity index (χ3v) is 8.54. The Bertz CT molecular complexity index is 1750. The van der Waals surface area contributed by atoms with Crippen LogP contribution >= 0.6 is 0 Å². The first kappa shape index (κ1) is 32.1. The maximum Gasteiger partial charge on any atom is 0.240 e. The summed E-state index contributed by atoms with van der Waals surface area (Å²) < 4.78 is 46.0. The molecule has 1 saturated carbocycles. The number of rotatable bonds is 12. The van der Waals surface area contributed by atoms with Gasteiger partial charge in [0.15, 0.2) is 23.1 Å². The van der Waals surface area contributed by atoms with Crippen molar-refractivity contribution in [2.75, 3.05) is 57.1 Å². The number of hydrogen-bond donors (Lipinski definition) is 3. The molecule has 1 aliphatic carbocycles. The van der Waals surface area contributed by atoms with Crippen LogP contribution in [0, 0.1) is 17.0 Å². The summed E-state index contributed by atoms with van der Waals surface area (Å²) >= 11 is 0. The molecule has 246 valence electrons. The van der Waals surface area contributed by atoms with Crippen molar-refractivity contribution in [1.29, 1.82) is 0 Å². The Morgan fingerprint density at radius 3 is 2.32 bits per heavy atom. The zero-order valence-corrected chi connectivity index (χ0v) is 26.0. The van der Waals surface area contributed by atoms with Crippen LogP contribution in [-0.2, 0) is 9.59 Å². The van der Waals surface area contributed by atoms with E-state index in [1.54, 1.807) is 12.1 Å². The molecule has 1 saturated heterocycles. The van der Waals surface area contributed by atoms with Crippen LogP contribution in [0.5, 0.6) is 23.1 Å². The van der Waals surface area contributed by atoms with E-state index in [0.29, 0.717) is 54.0 Å². The number of amides is 2. The molecule has 47 heavy (non-hydrogen) atoms. The second-order valence-corrected chi connectivity index (χ2v) is 11.6. The van der Waals surface area contributed by atoms with E-state index in [9.17, 15) is 14.0 Å². The van der Waals surface area contributed by atoms with E-state index in [0.717, 1.165) is 45.2 Å². The minimum Gasteiger partial charge on any atom is -0.493 e. The summed E-state index contributed by atoms with van der Waals surface area (Å²) in [6.45, 7) is 5.49. The first-order chi connectivity index (χ1) is 22.8. The minimum absolute atomic E-state index is 0.111. The van der Waals surface area contributed by atoms with Gasteiger partial charge in [-0.05, 0) is 61.7 Å². The van der Waals surface area contributed by atoms with Crippen molar-refractivity contribution in [2.45, 2.75) is 25.7 Å². The number of anilines is 2. The smallest absolute Gasteiger partial charge is 0.240 e. The van der Waals surface area contributed by atoms with Crippen molar-refractivity contribution in [3.8, 4) is 23.1 Å². The molecule has 3 N–H and O–H groups in total. The van der Waals surface area contributed by atoms with Gasteiger partial charge in [-0.1, -0.05) is 6.42 Å². The second kappa shape index (κ2) is 14.3. The van der Waals surface area contributed by atoms with E-state index in [1.165, 1.54) is 49.8 Å². The Labute approximate surface area is 270 Å². The maximum absolute atomic E-state index is 15.3. The van der Waals surface area contributed by atoms with Crippen molar-refractivity contribution < 1.29 is 32.6 Å². The highest BCUT2D eigenvalue weighted by Crippen LogP contribution is 2.43. The summed E-state index contributed by atoms with van der Waals surface area (Å²) in [7, 11) is 1.53. The molecule has 1 aliphatic heterocycles. The zero-order valence-electron chi connectivity index (χ0n) is 26.0. The Morgan fingerprint density at radius 1 is 0.915 bits per heavy atom. The minimum atomic E-state index is -1.31. The standard InChI is InChI=1S/C34H36F2N6O5/c1-45-29-19-25-27(20-30(29)46-17-3-14-42-15-12-37-13-16-42)38-21-39-31(25)47-28-9-8-24(18-26(28)36)41-33(44)34(10-2-11-34)32(43)40-23-6-4-22(35)5-7-23/h4-9,18-21,37H,2-3,10-17H2,1H3,(H,40,43)(H,41,44). The predicted molar refractivity (Wildman–Crippen MR) is 172 cm³/mol. The Balaban J connectivity index is 1.11. The fraction of sp³-hybridized carbons (Fsp3) is 0.353. The number of nitrogens with one attached hydrogen (secondary N) is 3. The highest BCUT2D eigenvalue weighted by atomic mass is 19.1. The Kier molecular flexibility index (Phi) is 9.73. The molecule has 0 atom stereocenters. The number of hydrogen-bond acceptors (Lipinski definition) is 9. The molecule has 2 fully saturated rings. The number of carbonyl (C=O) groups excluding carboxylic acids is 2. The summed E-state index contributed by atoms with van der Waals surface area (Å²) in [6, 6.07) is 12.7. The van der Waals surface area contributed by atoms with Gasteiger partial charge in [-0.2, -0.15) is 0 Å². The summed E-state index contributed by atoms with van der Waals surface area (Å²) in [5.41, 5.74) is -0.245. The van der Waals surface area contributed by atoms with Crippen molar-refractivity contribution in [3.63, 3.8) is 0 Å². The van der Waals surface area contributed by atoms with Gasteiger partial charge in [0.1, 0.15) is 17.6 Å². The Hall–Kier alpha value is -4.88. The Morgan fingerprint density at radius 2 is 1.64 bits per heavy atom.